The maximum Gasteiger partial charge on any atom is 0.313 e. The molecule has 2 heterocycles. The van der Waals surface area contributed by atoms with Gasteiger partial charge < -0.3 is 14.7 Å². The first-order valence-electron chi connectivity index (χ1n) is 8.34. The molecule has 2 saturated heterocycles. The van der Waals surface area contributed by atoms with Crippen LogP contribution in [0.15, 0.2) is 18.2 Å². The summed E-state index contributed by atoms with van der Waals surface area (Å²) in [6, 6.07) is 4.97. The van der Waals surface area contributed by atoms with Crippen molar-refractivity contribution in [2.45, 2.75) is 13.5 Å². The third-order valence-electron chi connectivity index (χ3n) is 5.50. The molecule has 0 unspecified atom stereocenters. The van der Waals surface area contributed by atoms with E-state index >= 15 is 0 Å². The fourth-order valence-electron chi connectivity index (χ4n) is 4.06. The van der Waals surface area contributed by atoms with Crippen molar-refractivity contribution < 1.29 is 23.8 Å². The van der Waals surface area contributed by atoms with E-state index in [2.05, 4.69) is 4.90 Å². The lowest BCUT2D eigenvalue weighted by atomic mass is 9.81. The van der Waals surface area contributed by atoms with Crippen LogP contribution in [0.5, 0.6) is 0 Å². The van der Waals surface area contributed by atoms with E-state index in [0.717, 1.165) is 5.56 Å². The van der Waals surface area contributed by atoms with Crippen molar-refractivity contribution >= 4 is 11.9 Å². The Hall–Kier alpha value is -1.99. The molecule has 25 heavy (non-hydrogen) atoms. The quantitative estimate of drug-likeness (QED) is 0.862. The predicted molar refractivity (Wildman–Crippen MR) is 88.4 cm³/mol. The van der Waals surface area contributed by atoms with E-state index in [0.29, 0.717) is 31.7 Å². The van der Waals surface area contributed by atoms with Gasteiger partial charge in [0.05, 0.1) is 0 Å². The number of carboxylic acids is 1. The second-order valence-electron chi connectivity index (χ2n) is 7.06. The molecule has 7 heteroatoms. The van der Waals surface area contributed by atoms with Gasteiger partial charge in [0.25, 0.3) is 0 Å². The summed E-state index contributed by atoms with van der Waals surface area (Å²) >= 11 is 0. The molecule has 0 bridgehead atoms. The van der Waals surface area contributed by atoms with Crippen molar-refractivity contribution in [2.24, 2.45) is 11.3 Å². The first-order valence-corrected chi connectivity index (χ1v) is 8.34. The number of likely N-dealkylation sites (tertiary alicyclic amines) is 2. The van der Waals surface area contributed by atoms with E-state index < -0.39 is 11.4 Å². The van der Waals surface area contributed by atoms with Crippen molar-refractivity contribution in [1.29, 1.82) is 0 Å². The molecule has 1 N–H and O–H groups in total. The molecule has 1 aromatic rings. The second-order valence-corrected chi connectivity index (χ2v) is 7.06. The normalized spacial score (nSPS) is 26.0. The fourth-order valence-corrected chi connectivity index (χ4v) is 4.06. The Morgan fingerprint density at radius 2 is 2.12 bits per heavy atom. The summed E-state index contributed by atoms with van der Waals surface area (Å²) in [5, 5.41) is 9.83. The smallest absolute Gasteiger partial charge is 0.313 e. The van der Waals surface area contributed by atoms with Gasteiger partial charge >= 0.3 is 5.97 Å². The molecule has 2 atom stereocenters. The van der Waals surface area contributed by atoms with Crippen molar-refractivity contribution in [2.75, 3.05) is 39.9 Å². The summed E-state index contributed by atoms with van der Waals surface area (Å²) in [5.41, 5.74) is 0.513. The first-order chi connectivity index (χ1) is 11.9. The topological polar surface area (TPSA) is 70.1 Å². The molecule has 1 amide bonds. The Kier molecular flexibility index (Phi) is 4.79. The van der Waals surface area contributed by atoms with Crippen LogP contribution in [0.2, 0.25) is 0 Å². The first kappa shape index (κ1) is 17.8. The standard InChI is InChI=1S/C18H23FN2O4/c1-12-13(4-3-5-15(12)19)6-20-7-14-8-21(16(22)9-25-2)11-18(14,10-20)17(23)24/h3-5,14H,6-11H2,1-2H3,(H,23,24)/t14-,18-/m0/s1. The minimum Gasteiger partial charge on any atom is -0.481 e. The third-order valence-corrected chi connectivity index (χ3v) is 5.50. The van der Waals surface area contributed by atoms with Crippen LogP contribution in [-0.2, 0) is 20.9 Å². The highest BCUT2D eigenvalue weighted by Gasteiger charge is 2.58. The number of benzene rings is 1. The number of halogens is 1. The summed E-state index contributed by atoms with van der Waals surface area (Å²) in [5.74, 6) is -1.42. The summed E-state index contributed by atoms with van der Waals surface area (Å²) in [6.07, 6.45) is 0. The Bertz CT molecular complexity index is 696. The van der Waals surface area contributed by atoms with Gasteiger partial charge in [-0.1, -0.05) is 12.1 Å². The van der Waals surface area contributed by atoms with Crippen LogP contribution in [-0.4, -0.2) is 66.7 Å². The van der Waals surface area contributed by atoms with Crippen LogP contribution in [0.4, 0.5) is 4.39 Å². The number of nitrogens with zero attached hydrogens (tertiary/aromatic N) is 2. The molecule has 6 nitrogen and oxygen atoms in total. The zero-order chi connectivity index (χ0) is 18.2. The average molecular weight is 350 g/mol. The highest BCUT2D eigenvalue weighted by Crippen LogP contribution is 2.43. The molecule has 0 aromatic heterocycles. The number of hydrogen-bond acceptors (Lipinski definition) is 4. The molecule has 0 spiro atoms. The van der Waals surface area contributed by atoms with Gasteiger partial charge in [-0.15, -0.1) is 0 Å². The lowest BCUT2D eigenvalue weighted by Crippen LogP contribution is -2.42. The maximum absolute atomic E-state index is 13.7. The van der Waals surface area contributed by atoms with E-state index in [-0.39, 0.29) is 30.8 Å². The Morgan fingerprint density at radius 1 is 1.36 bits per heavy atom. The predicted octanol–water partition coefficient (Wildman–Crippen LogP) is 1.13. The number of rotatable bonds is 5. The number of hydrogen-bond donors (Lipinski definition) is 1. The monoisotopic (exact) mass is 350 g/mol. The largest absolute Gasteiger partial charge is 0.481 e. The Morgan fingerprint density at radius 3 is 2.76 bits per heavy atom. The Labute approximate surface area is 146 Å². The SMILES string of the molecule is COCC(=O)N1C[C@@H]2CN(Cc3cccc(F)c3C)C[C@]2(C(=O)O)C1. The van der Waals surface area contributed by atoms with Gasteiger partial charge in [0.2, 0.25) is 5.91 Å². The number of amides is 1. The van der Waals surface area contributed by atoms with Gasteiger partial charge in [0, 0.05) is 45.8 Å². The van der Waals surface area contributed by atoms with Crippen molar-refractivity contribution in [3.8, 4) is 0 Å². The van der Waals surface area contributed by atoms with E-state index in [4.69, 9.17) is 4.74 Å². The van der Waals surface area contributed by atoms with Crippen LogP contribution in [0.1, 0.15) is 11.1 Å². The summed E-state index contributed by atoms with van der Waals surface area (Å²) in [6.45, 7) is 3.79. The van der Waals surface area contributed by atoms with E-state index in [9.17, 15) is 19.1 Å². The molecule has 3 rings (SSSR count). The molecule has 2 aliphatic heterocycles. The number of carboxylic acid groups (broad SMARTS) is 1. The van der Waals surface area contributed by atoms with Crippen LogP contribution in [0, 0.1) is 24.1 Å². The van der Waals surface area contributed by atoms with Crippen molar-refractivity contribution in [3.63, 3.8) is 0 Å². The van der Waals surface area contributed by atoms with Gasteiger partial charge in [-0.3, -0.25) is 14.5 Å². The summed E-state index contributed by atoms with van der Waals surface area (Å²) in [7, 11) is 1.45. The van der Waals surface area contributed by atoms with E-state index in [1.165, 1.54) is 13.2 Å². The summed E-state index contributed by atoms with van der Waals surface area (Å²) in [4.78, 5) is 27.7. The average Bonchev–Trinajstić information content (AvgIpc) is 3.07. The van der Waals surface area contributed by atoms with E-state index in [1.807, 2.05) is 6.07 Å². The van der Waals surface area contributed by atoms with Crippen molar-refractivity contribution in [1.82, 2.24) is 9.80 Å². The van der Waals surface area contributed by atoms with Gasteiger partial charge in [-0.25, -0.2) is 4.39 Å². The number of carbonyl (C=O) groups is 2. The third kappa shape index (κ3) is 3.14. The lowest BCUT2D eigenvalue weighted by Gasteiger charge is -2.25. The molecule has 0 aliphatic carbocycles. The zero-order valence-corrected chi connectivity index (χ0v) is 14.5. The van der Waals surface area contributed by atoms with Gasteiger partial charge in [0.1, 0.15) is 17.8 Å². The van der Waals surface area contributed by atoms with Crippen LogP contribution in [0.25, 0.3) is 0 Å². The van der Waals surface area contributed by atoms with Crippen LogP contribution < -0.4 is 0 Å². The molecule has 0 radical (unpaired) electrons. The minimum atomic E-state index is -0.954. The zero-order valence-electron chi connectivity index (χ0n) is 14.5. The molecule has 2 fully saturated rings. The Balaban J connectivity index is 1.75. The molecular weight excluding hydrogens is 327 g/mol. The van der Waals surface area contributed by atoms with Crippen molar-refractivity contribution in [3.05, 3.63) is 35.1 Å². The lowest BCUT2D eigenvalue weighted by molar-refractivity contribution is -0.149. The van der Waals surface area contributed by atoms with Gasteiger partial charge in [-0.2, -0.15) is 0 Å². The van der Waals surface area contributed by atoms with Crippen LogP contribution >= 0.6 is 0 Å². The molecular formula is C18H23FN2O4. The molecule has 2 aliphatic rings. The highest BCUT2D eigenvalue weighted by molar-refractivity contribution is 5.82. The van der Waals surface area contributed by atoms with E-state index in [1.54, 1.807) is 17.9 Å². The molecule has 136 valence electrons. The summed E-state index contributed by atoms with van der Waals surface area (Å²) < 4.78 is 18.6. The number of carbonyl (C=O) groups excluding carboxylic acids is 1. The number of ether oxygens (including phenoxy) is 1. The molecule has 1 aromatic carbocycles. The fraction of sp³-hybridized carbons (Fsp3) is 0.556. The highest BCUT2D eigenvalue weighted by atomic mass is 19.1. The number of fused-ring (bicyclic) bond motifs is 1. The second kappa shape index (κ2) is 6.72. The van der Waals surface area contributed by atoms with Crippen LogP contribution in [0.3, 0.4) is 0 Å². The maximum atomic E-state index is 13.7. The van der Waals surface area contributed by atoms with Gasteiger partial charge in [0.15, 0.2) is 0 Å². The molecule has 0 saturated carbocycles. The number of aliphatic carboxylic acids is 1. The number of methoxy groups -OCH3 is 1. The minimum absolute atomic E-state index is 0.0331. The van der Waals surface area contributed by atoms with Gasteiger partial charge in [-0.05, 0) is 24.1 Å².